The summed E-state index contributed by atoms with van der Waals surface area (Å²) in [4.78, 5) is 12.9. The molecule has 1 aromatic heterocycles. The fraction of sp³-hybridized carbons (Fsp3) is 0.545. The summed E-state index contributed by atoms with van der Waals surface area (Å²) in [5.74, 6) is -1.39. The Labute approximate surface area is 170 Å². The molecule has 2 aromatic rings. The number of nitrogens with one attached hydrogen (secondary N) is 1. The van der Waals surface area contributed by atoms with Crippen LogP contribution in [0.2, 0.25) is 0 Å². The van der Waals surface area contributed by atoms with Crippen LogP contribution in [0.1, 0.15) is 55.4 Å². The number of carbonyl (C=O) groups is 1. The molecule has 2 heterocycles. The highest BCUT2D eigenvalue weighted by atomic mass is 19.1. The summed E-state index contributed by atoms with van der Waals surface area (Å²) in [6.07, 6.45) is 2.06. The van der Waals surface area contributed by atoms with E-state index in [1.807, 2.05) is 0 Å². The van der Waals surface area contributed by atoms with Gasteiger partial charge in [0.1, 0.15) is 11.5 Å². The van der Waals surface area contributed by atoms with E-state index in [4.69, 9.17) is 4.74 Å². The van der Waals surface area contributed by atoms with E-state index in [-0.39, 0.29) is 29.0 Å². The van der Waals surface area contributed by atoms with Gasteiger partial charge in [-0.25, -0.2) is 13.5 Å². The minimum absolute atomic E-state index is 0.00730. The quantitative estimate of drug-likeness (QED) is 0.823. The highest BCUT2D eigenvalue weighted by Crippen LogP contribution is 2.33. The smallest absolute Gasteiger partial charge is 0.255 e. The number of nitrogens with zero attached hydrogens (tertiary/aromatic N) is 2. The van der Waals surface area contributed by atoms with Gasteiger partial charge in [-0.15, -0.1) is 0 Å². The van der Waals surface area contributed by atoms with Gasteiger partial charge in [0.15, 0.2) is 5.82 Å². The number of carbonyl (C=O) groups excluding carboxylic acids is 1. The second-order valence-electron chi connectivity index (χ2n) is 8.82. The lowest BCUT2D eigenvalue weighted by Gasteiger charge is -2.40. The first kappa shape index (κ1) is 21.4. The third-order valence-corrected chi connectivity index (χ3v) is 5.48. The van der Waals surface area contributed by atoms with Crippen molar-refractivity contribution in [2.45, 2.75) is 53.6 Å². The van der Waals surface area contributed by atoms with Gasteiger partial charge in [0, 0.05) is 25.1 Å². The molecular formula is C22H29F2N3O2. The van der Waals surface area contributed by atoms with Crippen molar-refractivity contribution >= 4 is 5.91 Å². The van der Waals surface area contributed by atoms with Crippen molar-refractivity contribution in [2.75, 3.05) is 13.2 Å². The Morgan fingerprint density at radius 1 is 1.31 bits per heavy atom. The Morgan fingerprint density at radius 3 is 2.69 bits per heavy atom. The van der Waals surface area contributed by atoms with Crippen LogP contribution in [0.4, 0.5) is 8.78 Å². The van der Waals surface area contributed by atoms with Gasteiger partial charge in [-0.1, -0.05) is 20.8 Å². The van der Waals surface area contributed by atoms with Crippen LogP contribution in [0.5, 0.6) is 0 Å². The first-order valence-electron chi connectivity index (χ1n) is 10.0. The molecule has 3 rings (SSSR count). The maximum absolute atomic E-state index is 14.2. The van der Waals surface area contributed by atoms with Gasteiger partial charge in [-0.05, 0) is 44.2 Å². The Morgan fingerprint density at radius 2 is 2.03 bits per heavy atom. The number of halogens is 2. The van der Waals surface area contributed by atoms with Gasteiger partial charge in [-0.2, -0.15) is 5.10 Å². The van der Waals surface area contributed by atoms with Crippen LogP contribution in [0, 0.1) is 36.8 Å². The van der Waals surface area contributed by atoms with Crippen molar-refractivity contribution in [3.05, 3.63) is 46.8 Å². The van der Waals surface area contributed by atoms with Crippen LogP contribution in [0.3, 0.4) is 0 Å². The summed E-state index contributed by atoms with van der Waals surface area (Å²) in [5, 5.41) is 7.32. The van der Waals surface area contributed by atoms with E-state index >= 15 is 0 Å². The number of hydrogen-bond acceptors (Lipinski definition) is 3. The zero-order chi connectivity index (χ0) is 21.3. The van der Waals surface area contributed by atoms with Crippen LogP contribution >= 0.6 is 0 Å². The van der Waals surface area contributed by atoms with Gasteiger partial charge in [0.05, 0.1) is 23.1 Å². The molecule has 158 valence electrons. The molecule has 1 fully saturated rings. The van der Waals surface area contributed by atoms with Crippen LogP contribution < -0.4 is 5.32 Å². The number of aromatic nitrogens is 2. The Hall–Kier alpha value is -2.28. The fourth-order valence-corrected chi connectivity index (χ4v) is 4.18. The topological polar surface area (TPSA) is 56.2 Å². The molecule has 1 aromatic carbocycles. The SMILES string of the molecule is Cc1nn(-c2ccc(F)cc2F)c(C)c1C(=O)NCC1CCCOC1C(C)(C)C. The van der Waals surface area contributed by atoms with Crippen molar-refractivity contribution < 1.29 is 18.3 Å². The van der Waals surface area contributed by atoms with Gasteiger partial charge in [0.25, 0.3) is 5.91 Å². The van der Waals surface area contributed by atoms with Gasteiger partial charge in [0.2, 0.25) is 0 Å². The average Bonchev–Trinajstić information content (AvgIpc) is 2.93. The minimum Gasteiger partial charge on any atom is -0.377 e. The van der Waals surface area contributed by atoms with E-state index in [1.54, 1.807) is 13.8 Å². The molecule has 29 heavy (non-hydrogen) atoms. The number of amides is 1. The number of rotatable bonds is 4. The number of hydrogen-bond donors (Lipinski definition) is 1. The molecule has 0 spiro atoms. The molecule has 2 unspecified atom stereocenters. The minimum atomic E-state index is -0.727. The normalized spacial score (nSPS) is 20.0. The molecule has 0 aliphatic carbocycles. The molecule has 1 aliphatic rings. The van der Waals surface area contributed by atoms with Gasteiger partial charge in [-0.3, -0.25) is 4.79 Å². The first-order valence-corrected chi connectivity index (χ1v) is 10.0. The van der Waals surface area contributed by atoms with Crippen LogP contribution in [-0.4, -0.2) is 34.9 Å². The second kappa shape index (κ2) is 8.22. The first-order chi connectivity index (χ1) is 13.6. The second-order valence-corrected chi connectivity index (χ2v) is 8.82. The summed E-state index contributed by atoms with van der Waals surface area (Å²) >= 11 is 0. The molecular weight excluding hydrogens is 376 g/mol. The maximum atomic E-state index is 14.2. The fourth-order valence-electron chi connectivity index (χ4n) is 4.18. The van der Waals surface area contributed by atoms with Gasteiger partial charge >= 0.3 is 0 Å². The third kappa shape index (κ3) is 4.50. The van der Waals surface area contributed by atoms with Crippen molar-refractivity contribution in [1.82, 2.24) is 15.1 Å². The van der Waals surface area contributed by atoms with E-state index in [1.165, 1.54) is 16.8 Å². The number of benzene rings is 1. The highest BCUT2D eigenvalue weighted by molar-refractivity contribution is 5.96. The van der Waals surface area contributed by atoms with E-state index in [0.717, 1.165) is 25.5 Å². The zero-order valence-corrected chi connectivity index (χ0v) is 17.7. The van der Waals surface area contributed by atoms with Gasteiger partial charge < -0.3 is 10.1 Å². The Kier molecular flexibility index (Phi) is 6.08. The Balaban J connectivity index is 1.79. The molecule has 1 aliphatic heterocycles. The molecule has 1 N–H and O–H groups in total. The largest absolute Gasteiger partial charge is 0.377 e. The summed E-state index contributed by atoms with van der Waals surface area (Å²) < 4.78 is 34.7. The molecule has 7 heteroatoms. The summed E-state index contributed by atoms with van der Waals surface area (Å²) in [6.45, 7) is 11.1. The lowest BCUT2D eigenvalue weighted by atomic mass is 9.78. The zero-order valence-electron chi connectivity index (χ0n) is 17.7. The highest BCUT2D eigenvalue weighted by Gasteiger charge is 2.35. The summed E-state index contributed by atoms with van der Waals surface area (Å²) in [6, 6.07) is 3.30. The number of aryl methyl sites for hydroxylation is 1. The van der Waals surface area contributed by atoms with Crippen LogP contribution in [-0.2, 0) is 4.74 Å². The van der Waals surface area contributed by atoms with Crippen LogP contribution in [0.15, 0.2) is 18.2 Å². The molecule has 0 radical (unpaired) electrons. The van der Waals surface area contributed by atoms with Crippen molar-refractivity contribution in [3.63, 3.8) is 0 Å². The number of ether oxygens (including phenoxy) is 1. The monoisotopic (exact) mass is 405 g/mol. The van der Waals surface area contributed by atoms with Crippen LogP contribution in [0.25, 0.3) is 5.69 Å². The molecule has 2 atom stereocenters. The molecule has 5 nitrogen and oxygen atoms in total. The molecule has 1 amide bonds. The molecule has 1 saturated heterocycles. The lowest BCUT2D eigenvalue weighted by Crippen LogP contribution is -2.45. The lowest BCUT2D eigenvalue weighted by molar-refractivity contribution is -0.0839. The summed E-state index contributed by atoms with van der Waals surface area (Å²) in [5.41, 5.74) is 1.53. The third-order valence-electron chi connectivity index (χ3n) is 5.48. The Bertz CT molecular complexity index is 902. The molecule has 0 saturated carbocycles. The van der Waals surface area contributed by atoms with Crippen molar-refractivity contribution in [3.8, 4) is 5.69 Å². The van der Waals surface area contributed by atoms with E-state index < -0.39 is 11.6 Å². The average molecular weight is 405 g/mol. The van der Waals surface area contributed by atoms with E-state index in [9.17, 15) is 13.6 Å². The predicted octanol–water partition coefficient (Wildman–Crippen LogP) is 4.34. The van der Waals surface area contributed by atoms with Crippen molar-refractivity contribution in [1.29, 1.82) is 0 Å². The van der Waals surface area contributed by atoms with Crippen molar-refractivity contribution in [2.24, 2.45) is 11.3 Å². The maximum Gasteiger partial charge on any atom is 0.255 e. The summed E-state index contributed by atoms with van der Waals surface area (Å²) in [7, 11) is 0. The van der Waals surface area contributed by atoms with E-state index in [2.05, 4.69) is 31.2 Å². The van der Waals surface area contributed by atoms with E-state index in [0.29, 0.717) is 23.5 Å². The predicted molar refractivity (Wildman–Crippen MR) is 107 cm³/mol. The molecule has 0 bridgehead atoms. The standard InChI is InChI=1S/C22H29F2N3O2/c1-13-19(14(2)27(26-13)18-9-8-16(23)11-17(18)24)21(28)25-12-15-7-6-10-29-20(15)22(3,4)5/h8-9,11,15,20H,6-7,10,12H2,1-5H3,(H,25,28).